The van der Waals surface area contributed by atoms with E-state index in [1.165, 1.54) is 6.07 Å². The lowest BCUT2D eigenvalue weighted by Crippen LogP contribution is -2.40. The first-order chi connectivity index (χ1) is 9.97. The van der Waals surface area contributed by atoms with E-state index in [4.69, 9.17) is 5.73 Å². The van der Waals surface area contributed by atoms with Crippen LogP contribution in [0.5, 0.6) is 0 Å². The number of hydrogen-bond donors (Lipinski definition) is 1. The van der Waals surface area contributed by atoms with Gasteiger partial charge in [-0.1, -0.05) is 12.1 Å². The maximum atomic E-state index is 13.7. The van der Waals surface area contributed by atoms with Gasteiger partial charge in [0, 0.05) is 24.7 Å². The van der Waals surface area contributed by atoms with Gasteiger partial charge in [0.15, 0.2) is 11.6 Å². The summed E-state index contributed by atoms with van der Waals surface area (Å²) >= 11 is 0. The number of piperidine rings is 1. The quantitative estimate of drug-likeness (QED) is 0.904. The van der Waals surface area contributed by atoms with Crippen LogP contribution < -0.4 is 5.73 Å². The zero-order chi connectivity index (χ0) is 15.4. The Balaban J connectivity index is 1.87. The van der Waals surface area contributed by atoms with E-state index in [-0.39, 0.29) is 5.56 Å². The van der Waals surface area contributed by atoms with Gasteiger partial charge in [-0.25, -0.2) is 8.78 Å². The van der Waals surface area contributed by atoms with E-state index in [1.54, 1.807) is 6.07 Å². The molecule has 1 aromatic carbocycles. The molecule has 0 bridgehead atoms. The Hall–Kier alpha value is -1.04. The molecule has 2 N–H and O–H groups in total. The zero-order valence-corrected chi connectivity index (χ0v) is 12.9. The predicted octanol–water partition coefficient (Wildman–Crippen LogP) is 2.24. The Labute approximate surface area is 125 Å². The number of benzene rings is 1. The van der Waals surface area contributed by atoms with Crippen LogP contribution in [0, 0.1) is 17.6 Å². The zero-order valence-electron chi connectivity index (χ0n) is 12.9. The third-order valence-electron chi connectivity index (χ3n) is 4.17. The van der Waals surface area contributed by atoms with Crippen molar-refractivity contribution in [2.75, 3.05) is 40.3 Å². The number of nitrogens with two attached hydrogens (primary N) is 1. The van der Waals surface area contributed by atoms with Gasteiger partial charge < -0.3 is 15.5 Å². The molecule has 1 aliphatic heterocycles. The van der Waals surface area contributed by atoms with Crippen LogP contribution in [-0.4, -0.2) is 50.1 Å². The van der Waals surface area contributed by atoms with Gasteiger partial charge in [0.2, 0.25) is 0 Å². The van der Waals surface area contributed by atoms with Crippen molar-refractivity contribution in [2.45, 2.75) is 18.9 Å². The van der Waals surface area contributed by atoms with Crippen molar-refractivity contribution in [1.82, 2.24) is 9.80 Å². The Morgan fingerprint density at radius 3 is 2.57 bits per heavy atom. The molecule has 1 unspecified atom stereocenters. The molecule has 1 saturated heterocycles. The molecular weight excluding hydrogens is 272 g/mol. The molecule has 3 nitrogen and oxygen atoms in total. The summed E-state index contributed by atoms with van der Waals surface area (Å²) in [5.74, 6) is -0.918. The summed E-state index contributed by atoms with van der Waals surface area (Å²) in [5.41, 5.74) is 6.32. The average Bonchev–Trinajstić information content (AvgIpc) is 2.43. The van der Waals surface area contributed by atoms with Crippen LogP contribution in [0.1, 0.15) is 24.4 Å². The molecule has 1 atom stereocenters. The van der Waals surface area contributed by atoms with E-state index in [0.717, 1.165) is 44.5 Å². The SMILES string of the molecule is CN(C)CC1CCN(CC(N)c2cccc(F)c2F)CC1. The summed E-state index contributed by atoms with van der Waals surface area (Å²) in [6, 6.07) is 3.72. The average molecular weight is 297 g/mol. The van der Waals surface area contributed by atoms with Gasteiger partial charge in [-0.2, -0.15) is 0 Å². The highest BCUT2D eigenvalue weighted by atomic mass is 19.2. The van der Waals surface area contributed by atoms with Crippen LogP contribution in [0.2, 0.25) is 0 Å². The molecule has 21 heavy (non-hydrogen) atoms. The minimum atomic E-state index is -0.826. The first kappa shape index (κ1) is 16.3. The van der Waals surface area contributed by atoms with Crippen molar-refractivity contribution in [3.8, 4) is 0 Å². The Kier molecular flexibility index (Phi) is 5.67. The van der Waals surface area contributed by atoms with Crippen LogP contribution in [0.25, 0.3) is 0 Å². The number of likely N-dealkylation sites (tertiary alicyclic amines) is 1. The monoisotopic (exact) mass is 297 g/mol. The second kappa shape index (κ2) is 7.29. The normalized spacial score (nSPS) is 19.1. The van der Waals surface area contributed by atoms with Gasteiger partial charge in [0.1, 0.15) is 0 Å². The highest BCUT2D eigenvalue weighted by Gasteiger charge is 2.23. The minimum Gasteiger partial charge on any atom is -0.323 e. The van der Waals surface area contributed by atoms with Crippen molar-refractivity contribution in [2.24, 2.45) is 11.7 Å². The second-order valence-electron chi connectivity index (χ2n) is 6.26. The Bertz CT molecular complexity index is 457. The molecule has 2 rings (SSSR count). The molecule has 0 radical (unpaired) electrons. The smallest absolute Gasteiger partial charge is 0.163 e. The first-order valence-electron chi connectivity index (χ1n) is 7.54. The highest BCUT2D eigenvalue weighted by molar-refractivity contribution is 5.22. The molecule has 0 aliphatic carbocycles. The predicted molar refractivity (Wildman–Crippen MR) is 81.0 cm³/mol. The molecule has 1 aliphatic rings. The molecular formula is C16H25F2N3. The summed E-state index contributed by atoms with van der Waals surface area (Å²) in [6.45, 7) is 3.64. The van der Waals surface area contributed by atoms with Crippen LogP contribution in [0.3, 0.4) is 0 Å². The molecule has 1 heterocycles. The van der Waals surface area contributed by atoms with Crippen molar-refractivity contribution >= 4 is 0 Å². The van der Waals surface area contributed by atoms with Crippen molar-refractivity contribution in [3.05, 3.63) is 35.4 Å². The van der Waals surface area contributed by atoms with Gasteiger partial charge in [-0.3, -0.25) is 0 Å². The molecule has 0 saturated carbocycles. The highest BCUT2D eigenvalue weighted by Crippen LogP contribution is 2.22. The van der Waals surface area contributed by atoms with Crippen LogP contribution in [-0.2, 0) is 0 Å². The minimum absolute atomic E-state index is 0.269. The largest absolute Gasteiger partial charge is 0.323 e. The lowest BCUT2D eigenvalue weighted by molar-refractivity contribution is 0.155. The van der Waals surface area contributed by atoms with E-state index in [9.17, 15) is 8.78 Å². The summed E-state index contributed by atoms with van der Waals surface area (Å²) in [6.07, 6.45) is 2.27. The molecule has 0 spiro atoms. The lowest BCUT2D eigenvalue weighted by Gasteiger charge is -2.34. The van der Waals surface area contributed by atoms with E-state index in [0.29, 0.717) is 6.54 Å². The van der Waals surface area contributed by atoms with E-state index < -0.39 is 17.7 Å². The second-order valence-corrected chi connectivity index (χ2v) is 6.26. The van der Waals surface area contributed by atoms with Gasteiger partial charge >= 0.3 is 0 Å². The topological polar surface area (TPSA) is 32.5 Å². The van der Waals surface area contributed by atoms with Crippen molar-refractivity contribution in [3.63, 3.8) is 0 Å². The fourth-order valence-electron chi connectivity index (χ4n) is 3.05. The summed E-state index contributed by atoms with van der Waals surface area (Å²) in [7, 11) is 4.18. The van der Waals surface area contributed by atoms with Crippen LogP contribution in [0.4, 0.5) is 8.78 Å². The Morgan fingerprint density at radius 2 is 1.95 bits per heavy atom. The summed E-state index contributed by atoms with van der Waals surface area (Å²) in [4.78, 5) is 4.47. The number of nitrogens with zero attached hydrogens (tertiary/aromatic N) is 2. The fraction of sp³-hybridized carbons (Fsp3) is 0.625. The molecule has 1 aromatic rings. The van der Waals surface area contributed by atoms with Gasteiger partial charge in [0.25, 0.3) is 0 Å². The van der Waals surface area contributed by atoms with Crippen molar-refractivity contribution < 1.29 is 8.78 Å². The molecule has 5 heteroatoms. The third-order valence-corrected chi connectivity index (χ3v) is 4.17. The molecule has 118 valence electrons. The maximum Gasteiger partial charge on any atom is 0.163 e. The van der Waals surface area contributed by atoms with Gasteiger partial charge in [-0.05, 0) is 52.0 Å². The molecule has 1 fully saturated rings. The van der Waals surface area contributed by atoms with Crippen LogP contribution in [0.15, 0.2) is 18.2 Å². The van der Waals surface area contributed by atoms with Gasteiger partial charge in [0.05, 0.1) is 0 Å². The van der Waals surface area contributed by atoms with Crippen molar-refractivity contribution in [1.29, 1.82) is 0 Å². The summed E-state index contributed by atoms with van der Waals surface area (Å²) < 4.78 is 27.0. The van der Waals surface area contributed by atoms with Crippen LogP contribution >= 0.6 is 0 Å². The number of hydrogen-bond acceptors (Lipinski definition) is 3. The first-order valence-corrected chi connectivity index (χ1v) is 7.54. The van der Waals surface area contributed by atoms with E-state index in [1.807, 2.05) is 0 Å². The number of halogens is 2. The fourth-order valence-corrected chi connectivity index (χ4v) is 3.05. The van der Waals surface area contributed by atoms with E-state index in [2.05, 4.69) is 23.9 Å². The Morgan fingerprint density at radius 1 is 1.29 bits per heavy atom. The lowest BCUT2D eigenvalue weighted by atomic mass is 9.95. The standard InChI is InChI=1S/C16H25F2N3/c1-20(2)10-12-6-8-21(9-7-12)11-15(19)13-4-3-5-14(17)16(13)18/h3-5,12,15H,6-11,19H2,1-2H3. The van der Waals surface area contributed by atoms with Gasteiger partial charge in [-0.15, -0.1) is 0 Å². The molecule has 0 amide bonds. The summed E-state index contributed by atoms with van der Waals surface area (Å²) in [5, 5.41) is 0. The molecule has 0 aromatic heterocycles. The maximum absolute atomic E-state index is 13.7. The third kappa shape index (κ3) is 4.46. The van der Waals surface area contributed by atoms with E-state index >= 15 is 0 Å². The number of rotatable bonds is 5.